The lowest BCUT2D eigenvalue weighted by atomic mass is 9.91. The highest BCUT2D eigenvalue weighted by Crippen LogP contribution is 2.32. The number of aromatic nitrogens is 4. The van der Waals surface area contributed by atoms with Crippen LogP contribution in [0.3, 0.4) is 0 Å². The lowest BCUT2D eigenvalue weighted by Crippen LogP contribution is -2.17. The molecular weight excluding hydrogens is 338 g/mol. The van der Waals surface area contributed by atoms with Crippen molar-refractivity contribution in [1.82, 2.24) is 19.7 Å². The molecule has 0 spiro atoms. The molecule has 1 aliphatic rings. The van der Waals surface area contributed by atoms with E-state index in [9.17, 15) is 0 Å². The Kier molecular flexibility index (Phi) is 4.90. The molecule has 1 aromatic carbocycles. The van der Waals surface area contributed by atoms with Gasteiger partial charge in [-0.15, -0.1) is 0 Å². The second-order valence-corrected chi connectivity index (χ2v) is 7.17. The molecule has 0 fully saturated rings. The Balaban J connectivity index is 1.78. The second-order valence-electron chi connectivity index (χ2n) is 7.17. The Hall–Kier alpha value is -2.73. The number of anilines is 1. The van der Waals surface area contributed by atoms with Crippen LogP contribution in [0.15, 0.2) is 36.5 Å². The first-order chi connectivity index (χ1) is 13.2. The van der Waals surface area contributed by atoms with E-state index in [0.29, 0.717) is 6.54 Å². The summed E-state index contributed by atoms with van der Waals surface area (Å²) in [6.45, 7) is 0.590. The molecule has 0 atom stereocenters. The average Bonchev–Trinajstić information content (AvgIpc) is 3.16. The normalized spacial score (nSPS) is 13.4. The van der Waals surface area contributed by atoms with Gasteiger partial charge in [0.05, 0.1) is 24.5 Å². The highest BCUT2D eigenvalue weighted by molar-refractivity contribution is 5.72. The van der Waals surface area contributed by atoms with Gasteiger partial charge < -0.3 is 10.0 Å². The molecule has 2 aromatic heterocycles. The molecule has 0 radical (unpaired) electrons. The molecule has 27 heavy (non-hydrogen) atoms. The Bertz CT molecular complexity index is 947. The van der Waals surface area contributed by atoms with Crippen molar-refractivity contribution in [3.8, 4) is 22.5 Å². The summed E-state index contributed by atoms with van der Waals surface area (Å²) in [5, 5.41) is 13.7. The number of aliphatic hydroxyl groups is 1. The summed E-state index contributed by atoms with van der Waals surface area (Å²) in [6.07, 6.45) is 6.34. The van der Waals surface area contributed by atoms with Crippen molar-refractivity contribution >= 4 is 5.95 Å². The Labute approximate surface area is 159 Å². The lowest BCUT2D eigenvalue weighted by Gasteiger charge is -2.21. The van der Waals surface area contributed by atoms with E-state index in [1.165, 1.54) is 24.1 Å². The van der Waals surface area contributed by atoms with Crippen LogP contribution in [-0.4, -0.2) is 45.6 Å². The van der Waals surface area contributed by atoms with E-state index in [-0.39, 0.29) is 6.61 Å². The molecule has 3 aromatic rings. The number of nitrogens with zero attached hydrogens (tertiary/aromatic N) is 5. The van der Waals surface area contributed by atoms with Crippen molar-refractivity contribution in [2.45, 2.75) is 32.2 Å². The fourth-order valence-electron chi connectivity index (χ4n) is 3.59. The fourth-order valence-corrected chi connectivity index (χ4v) is 3.59. The van der Waals surface area contributed by atoms with Crippen LogP contribution >= 0.6 is 0 Å². The van der Waals surface area contributed by atoms with Crippen LogP contribution in [0.5, 0.6) is 0 Å². The highest BCUT2D eigenvalue weighted by Gasteiger charge is 2.20. The molecule has 0 saturated heterocycles. The van der Waals surface area contributed by atoms with E-state index < -0.39 is 0 Å². The first-order valence-corrected chi connectivity index (χ1v) is 9.48. The standard InChI is InChI=1S/C21H25N5O/c1-25(2)21-22-19-9-4-3-8-17(19)20(23-21)16-7-5-6-15(14-16)18-10-11-26(24-18)12-13-27/h5-7,10-11,14,27H,3-4,8-9,12-13H2,1-2H3. The van der Waals surface area contributed by atoms with Crippen molar-refractivity contribution in [1.29, 1.82) is 0 Å². The number of rotatable bonds is 5. The largest absolute Gasteiger partial charge is 0.394 e. The summed E-state index contributed by atoms with van der Waals surface area (Å²) in [4.78, 5) is 11.6. The van der Waals surface area contributed by atoms with Crippen molar-refractivity contribution in [2.24, 2.45) is 0 Å². The van der Waals surface area contributed by atoms with Gasteiger partial charge in [0.25, 0.3) is 0 Å². The van der Waals surface area contributed by atoms with E-state index in [0.717, 1.165) is 41.3 Å². The minimum atomic E-state index is 0.0849. The van der Waals surface area contributed by atoms with Gasteiger partial charge in [-0.05, 0) is 37.8 Å². The number of hydrogen-bond acceptors (Lipinski definition) is 5. The molecule has 4 rings (SSSR count). The molecular formula is C21H25N5O. The first kappa shape index (κ1) is 17.7. The first-order valence-electron chi connectivity index (χ1n) is 9.48. The summed E-state index contributed by atoms with van der Waals surface area (Å²) in [6, 6.07) is 10.4. The van der Waals surface area contributed by atoms with E-state index >= 15 is 0 Å². The molecule has 0 amide bonds. The van der Waals surface area contributed by atoms with Crippen molar-refractivity contribution in [3.63, 3.8) is 0 Å². The zero-order valence-corrected chi connectivity index (χ0v) is 15.9. The maximum absolute atomic E-state index is 9.10. The monoisotopic (exact) mass is 363 g/mol. The van der Waals surface area contributed by atoms with E-state index in [1.807, 2.05) is 31.3 Å². The van der Waals surface area contributed by atoms with Crippen molar-refractivity contribution < 1.29 is 5.11 Å². The molecule has 2 heterocycles. The summed E-state index contributed by atoms with van der Waals surface area (Å²) in [7, 11) is 3.97. The minimum Gasteiger partial charge on any atom is -0.394 e. The van der Waals surface area contributed by atoms with Gasteiger partial charge in [-0.3, -0.25) is 4.68 Å². The number of benzene rings is 1. The third kappa shape index (κ3) is 3.57. The summed E-state index contributed by atoms with van der Waals surface area (Å²) >= 11 is 0. The minimum absolute atomic E-state index is 0.0849. The molecule has 0 bridgehead atoms. The summed E-state index contributed by atoms with van der Waals surface area (Å²) in [5.74, 6) is 0.767. The summed E-state index contributed by atoms with van der Waals surface area (Å²) in [5.41, 5.74) is 6.58. The Morgan fingerprint density at radius 2 is 1.89 bits per heavy atom. The predicted octanol–water partition coefficient (Wildman–Crippen LogP) is 2.94. The second kappa shape index (κ2) is 7.48. The highest BCUT2D eigenvalue weighted by atomic mass is 16.3. The number of aliphatic hydroxyl groups excluding tert-OH is 1. The summed E-state index contributed by atoms with van der Waals surface area (Å²) < 4.78 is 1.76. The maximum Gasteiger partial charge on any atom is 0.225 e. The van der Waals surface area contributed by atoms with E-state index in [2.05, 4.69) is 29.4 Å². The molecule has 140 valence electrons. The molecule has 0 aliphatic heterocycles. The van der Waals surface area contributed by atoms with Gasteiger partial charge in [0, 0.05) is 42.7 Å². The number of hydrogen-bond donors (Lipinski definition) is 1. The van der Waals surface area contributed by atoms with E-state index in [4.69, 9.17) is 15.1 Å². The average molecular weight is 363 g/mol. The van der Waals surface area contributed by atoms with Crippen LogP contribution < -0.4 is 4.90 Å². The molecule has 0 saturated carbocycles. The fraction of sp³-hybridized carbons (Fsp3) is 0.381. The van der Waals surface area contributed by atoms with Crippen LogP contribution in [0.4, 0.5) is 5.95 Å². The Morgan fingerprint density at radius 3 is 2.70 bits per heavy atom. The molecule has 1 N–H and O–H groups in total. The van der Waals surface area contributed by atoms with Gasteiger partial charge in [0.15, 0.2) is 0 Å². The molecule has 6 nitrogen and oxygen atoms in total. The molecule has 0 unspecified atom stereocenters. The van der Waals surface area contributed by atoms with Gasteiger partial charge in [-0.1, -0.05) is 18.2 Å². The van der Waals surface area contributed by atoms with Crippen LogP contribution in [0.1, 0.15) is 24.1 Å². The third-order valence-electron chi connectivity index (χ3n) is 4.97. The zero-order valence-electron chi connectivity index (χ0n) is 15.9. The predicted molar refractivity (Wildman–Crippen MR) is 107 cm³/mol. The van der Waals surface area contributed by atoms with Crippen molar-refractivity contribution in [2.75, 3.05) is 25.6 Å². The van der Waals surface area contributed by atoms with Crippen LogP contribution in [0.2, 0.25) is 0 Å². The molecule has 1 aliphatic carbocycles. The number of fused-ring (bicyclic) bond motifs is 1. The van der Waals surface area contributed by atoms with E-state index in [1.54, 1.807) is 4.68 Å². The lowest BCUT2D eigenvalue weighted by molar-refractivity contribution is 0.269. The van der Waals surface area contributed by atoms with Crippen LogP contribution in [0.25, 0.3) is 22.5 Å². The van der Waals surface area contributed by atoms with Crippen LogP contribution in [0, 0.1) is 0 Å². The smallest absolute Gasteiger partial charge is 0.225 e. The van der Waals surface area contributed by atoms with Crippen molar-refractivity contribution in [3.05, 3.63) is 47.8 Å². The van der Waals surface area contributed by atoms with Gasteiger partial charge in [-0.25, -0.2) is 9.97 Å². The van der Waals surface area contributed by atoms with Gasteiger partial charge in [0.2, 0.25) is 5.95 Å². The molecule has 6 heteroatoms. The third-order valence-corrected chi connectivity index (χ3v) is 4.97. The topological polar surface area (TPSA) is 67.1 Å². The van der Waals surface area contributed by atoms with Gasteiger partial charge >= 0.3 is 0 Å². The maximum atomic E-state index is 9.10. The Morgan fingerprint density at radius 1 is 1.07 bits per heavy atom. The zero-order chi connectivity index (χ0) is 18.8. The quantitative estimate of drug-likeness (QED) is 0.755. The van der Waals surface area contributed by atoms with Gasteiger partial charge in [0.1, 0.15) is 0 Å². The number of aryl methyl sites for hydroxylation is 1. The van der Waals surface area contributed by atoms with Gasteiger partial charge in [-0.2, -0.15) is 5.10 Å². The SMILES string of the molecule is CN(C)c1nc2c(c(-c3cccc(-c4ccn(CCO)n4)c3)n1)CCCC2. The van der Waals surface area contributed by atoms with Crippen LogP contribution in [-0.2, 0) is 19.4 Å².